The number of Topliss-reactive ketones (excluding diaryl/α,β-unsaturated/α-hetero) is 1. The van der Waals surface area contributed by atoms with Gasteiger partial charge < -0.3 is 9.84 Å². The fourth-order valence-corrected chi connectivity index (χ4v) is 6.44. The quantitative estimate of drug-likeness (QED) is 0.594. The number of allylic oxidation sites excluding steroid dienone is 3. The molecule has 0 saturated carbocycles. The molecule has 1 N–H and O–H groups in total. The Balaban J connectivity index is 1.72. The molecule has 1 unspecified atom stereocenters. The van der Waals surface area contributed by atoms with Gasteiger partial charge in [0.2, 0.25) is 0 Å². The second-order valence-corrected chi connectivity index (χ2v) is 10.1. The van der Waals surface area contributed by atoms with Crippen LogP contribution < -0.4 is 0 Å². The molecule has 1 aromatic heterocycles. The highest BCUT2D eigenvalue weighted by Crippen LogP contribution is 2.47. The van der Waals surface area contributed by atoms with E-state index in [2.05, 4.69) is 6.08 Å². The average molecular weight is 474 g/mol. The Morgan fingerprint density at radius 1 is 1.26 bits per heavy atom. The maximum atomic E-state index is 14.9. The summed E-state index contributed by atoms with van der Waals surface area (Å²) in [6.07, 6.45) is 7.36. The van der Waals surface area contributed by atoms with E-state index < -0.39 is 11.6 Å². The van der Waals surface area contributed by atoms with E-state index in [-0.39, 0.29) is 30.5 Å². The molecule has 180 valence electrons. The number of aliphatic hydroxyl groups is 1. The molecule has 1 aliphatic heterocycles. The first kappa shape index (κ1) is 22.4. The number of aryl methyl sites for hydroxylation is 1. The summed E-state index contributed by atoms with van der Waals surface area (Å²) in [6, 6.07) is 1.52. The molecule has 6 heteroatoms. The molecule has 0 spiro atoms. The fourth-order valence-electron chi connectivity index (χ4n) is 6.44. The number of cyclic esters (lactones) is 1. The van der Waals surface area contributed by atoms with Crippen molar-refractivity contribution in [1.82, 2.24) is 4.98 Å². The number of nitrogens with zero attached hydrogens (tertiary/aromatic N) is 1. The molecular weight excluding hydrogens is 445 g/mol. The number of pyridine rings is 1. The van der Waals surface area contributed by atoms with Gasteiger partial charge in [-0.05, 0) is 91.8 Å². The molecule has 2 bridgehead atoms. The summed E-state index contributed by atoms with van der Waals surface area (Å²) >= 11 is 0. The number of hydrogen-bond acceptors (Lipinski definition) is 5. The monoisotopic (exact) mass is 473 g/mol. The molecule has 2 heterocycles. The number of hydrogen-bond donors (Lipinski definition) is 1. The van der Waals surface area contributed by atoms with E-state index in [0.717, 1.165) is 46.2 Å². The van der Waals surface area contributed by atoms with Gasteiger partial charge in [0, 0.05) is 28.5 Å². The van der Waals surface area contributed by atoms with Crippen molar-refractivity contribution in [1.29, 1.82) is 0 Å². The van der Waals surface area contributed by atoms with Gasteiger partial charge in [0.05, 0.1) is 11.2 Å². The third kappa shape index (κ3) is 2.99. The Bertz CT molecular complexity index is 1450. The van der Waals surface area contributed by atoms with Crippen LogP contribution >= 0.6 is 0 Å². The molecule has 2 aromatic rings. The van der Waals surface area contributed by atoms with Crippen LogP contribution in [0.1, 0.15) is 67.5 Å². The summed E-state index contributed by atoms with van der Waals surface area (Å²) in [5, 5.41) is 12.3. The van der Waals surface area contributed by atoms with E-state index in [1.54, 1.807) is 13.0 Å². The third-order valence-corrected chi connectivity index (χ3v) is 8.49. The van der Waals surface area contributed by atoms with Crippen LogP contribution in [0.5, 0.6) is 0 Å². The molecule has 4 aliphatic rings. The summed E-state index contributed by atoms with van der Waals surface area (Å²) in [4.78, 5) is 31.4. The summed E-state index contributed by atoms with van der Waals surface area (Å²) < 4.78 is 20.2. The van der Waals surface area contributed by atoms with Gasteiger partial charge in [-0.25, -0.2) is 14.2 Å². The van der Waals surface area contributed by atoms with E-state index >= 15 is 0 Å². The number of ether oxygens (including phenoxy) is 1. The predicted molar refractivity (Wildman–Crippen MR) is 131 cm³/mol. The molecule has 3 aliphatic carbocycles. The van der Waals surface area contributed by atoms with E-state index in [1.165, 1.54) is 11.6 Å². The van der Waals surface area contributed by atoms with Crippen molar-refractivity contribution < 1.29 is 23.8 Å². The summed E-state index contributed by atoms with van der Waals surface area (Å²) in [5.41, 5.74) is 6.08. The van der Waals surface area contributed by atoms with Gasteiger partial charge in [-0.15, -0.1) is 0 Å². The predicted octanol–water partition coefficient (Wildman–Crippen LogP) is 4.94. The Kier molecular flexibility index (Phi) is 4.91. The first-order valence-corrected chi connectivity index (χ1v) is 12.5. The lowest BCUT2D eigenvalue weighted by molar-refractivity contribution is -0.163. The minimum atomic E-state index is -1.86. The zero-order valence-electron chi connectivity index (χ0n) is 20.3. The van der Waals surface area contributed by atoms with Crippen molar-refractivity contribution in [2.24, 2.45) is 5.92 Å². The van der Waals surface area contributed by atoms with Crippen LogP contribution in [0.4, 0.5) is 4.39 Å². The number of aromatic nitrogens is 1. The van der Waals surface area contributed by atoms with E-state index in [0.29, 0.717) is 41.5 Å². The van der Waals surface area contributed by atoms with Crippen LogP contribution in [0, 0.1) is 18.7 Å². The lowest BCUT2D eigenvalue weighted by atomic mass is 9.77. The van der Waals surface area contributed by atoms with Crippen molar-refractivity contribution in [2.75, 3.05) is 6.61 Å². The molecule has 0 fully saturated rings. The number of halogens is 1. The first-order chi connectivity index (χ1) is 16.8. The topological polar surface area (TPSA) is 76.5 Å². The van der Waals surface area contributed by atoms with Crippen molar-refractivity contribution >= 4 is 33.8 Å². The number of rotatable bonds is 1. The SMILES string of the molecule is C/C=C1/CCc2c(C)c(F)cc3nc4c(c1c23)CC1CC/C4=C\C2=C(COC(=O)[C@]2(O)CC)C1=O. The second-order valence-electron chi connectivity index (χ2n) is 10.1. The summed E-state index contributed by atoms with van der Waals surface area (Å²) in [7, 11) is 0. The number of esters is 1. The van der Waals surface area contributed by atoms with Gasteiger partial charge in [0.1, 0.15) is 12.4 Å². The van der Waals surface area contributed by atoms with Crippen LogP contribution in [0.15, 0.2) is 29.4 Å². The van der Waals surface area contributed by atoms with Gasteiger partial charge in [-0.2, -0.15) is 0 Å². The van der Waals surface area contributed by atoms with E-state index in [1.807, 2.05) is 13.8 Å². The van der Waals surface area contributed by atoms with Crippen LogP contribution in [0.3, 0.4) is 0 Å². The number of fused-ring (bicyclic) bond motifs is 6. The average Bonchev–Trinajstić information content (AvgIpc) is 3.01. The number of carbonyl (C=O) groups is 2. The lowest BCUT2D eigenvalue weighted by Crippen LogP contribution is -2.47. The normalized spacial score (nSPS) is 28.2. The van der Waals surface area contributed by atoms with Crippen LogP contribution in [-0.2, 0) is 27.2 Å². The van der Waals surface area contributed by atoms with Crippen LogP contribution in [-0.4, -0.2) is 34.1 Å². The first-order valence-electron chi connectivity index (χ1n) is 12.5. The van der Waals surface area contributed by atoms with Crippen LogP contribution in [0.2, 0.25) is 0 Å². The van der Waals surface area contributed by atoms with Crippen molar-refractivity contribution in [3.05, 3.63) is 63.1 Å². The summed E-state index contributed by atoms with van der Waals surface area (Å²) in [5.74, 6) is -1.35. The summed E-state index contributed by atoms with van der Waals surface area (Å²) in [6.45, 7) is 5.43. The van der Waals surface area contributed by atoms with Crippen molar-refractivity contribution in [2.45, 2.75) is 64.9 Å². The van der Waals surface area contributed by atoms with Crippen molar-refractivity contribution in [3.63, 3.8) is 0 Å². The molecule has 2 atom stereocenters. The van der Waals surface area contributed by atoms with Crippen LogP contribution in [0.25, 0.3) is 22.0 Å². The minimum absolute atomic E-state index is 0.0665. The molecule has 5 nitrogen and oxygen atoms in total. The molecule has 6 rings (SSSR count). The molecule has 35 heavy (non-hydrogen) atoms. The maximum Gasteiger partial charge on any atom is 0.343 e. The highest BCUT2D eigenvalue weighted by molar-refractivity contribution is 6.05. The largest absolute Gasteiger partial charge is 0.458 e. The molecule has 0 saturated heterocycles. The molecular formula is C29H28FNO4. The molecule has 0 radical (unpaired) electrons. The van der Waals surface area contributed by atoms with Crippen molar-refractivity contribution in [3.8, 4) is 0 Å². The third-order valence-electron chi connectivity index (χ3n) is 8.49. The number of benzene rings is 1. The van der Waals surface area contributed by atoms with Gasteiger partial charge in [-0.3, -0.25) is 4.79 Å². The van der Waals surface area contributed by atoms with Gasteiger partial charge in [-0.1, -0.05) is 13.0 Å². The highest BCUT2D eigenvalue weighted by Gasteiger charge is 2.47. The highest BCUT2D eigenvalue weighted by atomic mass is 19.1. The van der Waals surface area contributed by atoms with Gasteiger partial charge in [0.15, 0.2) is 11.4 Å². The zero-order valence-corrected chi connectivity index (χ0v) is 20.3. The Morgan fingerprint density at radius 2 is 2.06 bits per heavy atom. The maximum absolute atomic E-state index is 14.9. The molecule has 0 amide bonds. The van der Waals surface area contributed by atoms with E-state index in [9.17, 15) is 19.1 Å². The standard InChI is InChI=1S/C29H28FNO4/c1-4-15-8-9-18-14(3)22(30)12-23-25(18)24(15)19-10-17-7-6-16(26(19)31-23)11-21-20(27(17)32)13-35-28(33)29(21,34)5-2/h4,11-12,17,34H,5-10,13H2,1-3H3/b15-4-,16-11+/t17?,29-/m0/s1. The molecule has 1 aromatic carbocycles. The van der Waals surface area contributed by atoms with Gasteiger partial charge in [0.25, 0.3) is 0 Å². The van der Waals surface area contributed by atoms with E-state index in [4.69, 9.17) is 9.72 Å². The second kappa shape index (κ2) is 7.69. The lowest BCUT2D eigenvalue weighted by Gasteiger charge is -2.34. The Morgan fingerprint density at radius 3 is 2.80 bits per heavy atom. The smallest absolute Gasteiger partial charge is 0.343 e. The number of carbonyl (C=O) groups excluding carboxylic acids is 2. The number of ketones is 1. The fraction of sp³-hybridized carbons (Fsp3) is 0.414. The zero-order chi connectivity index (χ0) is 24.6. The minimum Gasteiger partial charge on any atom is -0.458 e. The Labute approximate surface area is 203 Å². The Hall–Kier alpha value is -3.12. The van der Waals surface area contributed by atoms with Gasteiger partial charge >= 0.3 is 5.97 Å².